The summed E-state index contributed by atoms with van der Waals surface area (Å²) in [6.45, 7) is 1.98. The summed E-state index contributed by atoms with van der Waals surface area (Å²) >= 11 is 3.89. The molecule has 5 nitrogen and oxygen atoms in total. The minimum atomic E-state index is -1.10. The van der Waals surface area contributed by atoms with E-state index in [1.54, 1.807) is 14.0 Å². The molecule has 0 heterocycles. The fourth-order valence-corrected chi connectivity index (χ4v) is 2.60. The van der Waals surface area contributed by atoms with Gasteiger partial charge in [0.2, 0.25) is 0 Å². The molecule has 8 heteroatoms. The Bertz CT molecular complexity index is 687. The number of carbonyl (C=O) groups is 1. The van der Waals surface area contributed by atoms with Crippen LogP contribution < -0.4 is 4.74 Å². The molecule has 28 heavy (non-hydrogen) atoms. The van der Waals surface area contributed by atoms with E-state index in [9.17, 15) is 15.0 Å². The predicted octanol–water partition coefficient (Wildman–Crippen LogP) is 3.49. The first-order chi connectivity index (χ1) is 13.0. The zero-order chi connectivity index (χ0) is 20.2. The van der Waals surface area contributed by atoms with Crippen molar-refractivity contribution in [2.45, 2.75) is 32.2 Å². The molecule has 0 unspecified atom stereocenters. The van der Waals surface area contributed by atoms with Crippen molar-refractivity contribution in [1.29, 1.82) is 0 Å². The Labute approximate surface area is 188 Å². The molecule has 0 fully saturated rings. The quantitative estimate of drug-likeness (QED) is 0.445. The third kappa shape index (κ3) is 8.91. The second-order valence-corrected chi connectivity index (χ2v) is 5.99. The van der Waals surface area contributed by atoms with E-state index in [1.165, 1.54) is 0 Å². The monoisotopic (exact) mass is 456 g/mol. The SMILES string of the molecule is COc1ccc(CO[C@@H](C)[C@H](O)[C@@H](Cc2ccccc2)C(=O)O)cc1.P=S.[Ti]. The van der Waals surface area contributed by atoms with Gasteiger partial charge in [-0.25, -0.2) is 0 Å². The van der Waals surface area contributed by atoms with Gasteiger partial charge in [-0.05, 0) is 44.6 Å². The van der Waals surface area contributed by atoms with E-state index >= 15 is 0 Å². The van der Waals surface area contributed by atoms with Crippen molar-refractivity contribution < 1.29 is 46.2 Å². The molecule has 0 saturated heterocycles. The van der Waals surface area contributed by atoms with Gasteiger partial charge >= 0.3 is 5.97 Å². The van der Waals surface area contributed by atoms with E-state index in [4.69, 9.17) is 9.47 Å². The molecule has 0 amide bonds. The number of aliphatic hydroxyl groups excluding tert-OH is 1. The van der Waals surface area contributed by atoms with E-state index in [1.807, 2.05) is 54.6 Å². The first kappa shape index (κ1) is 26.9. The van der Waals surface area contributed by atoms with Gasteiger partial charge in [-0.2, -0.15) is 0 Å². The third-order valence-electron chi connectivity index (χ3n) is 4.18. The Morgan fingerprint density at radius 2 is 1.64 bits per heavy atom. The predicted molar refractivity (Wildman–Crippen MR) is 110 cm³/mol. The molecule has 3 atom stereocenters. The first-order valence-electron chi connectivity index (χ1n) is 8.41. The second kappa shape index (κ2) is 14.8. The molecule has 2 aromatic rings. The number of ether oxygens (including phenoxy) is 2. The number of hydrogen-bond acceptors (Lipinski definition) is 5. The number of aliphatic hydroxyl groups is 1. The van der Waals surface area contributed by atoms with Crippen LogP contribution in [0.15, 0.2) is 54.6 Å². The number of hydrogen-bond donors (Lipinski definition) is 2. The molecule has 0 aliphatic carbocycles. The number of rotatable bonds is 9. The van der Waals surface area contributed by atoms with Gasteiger partial charge in [-0.15, -0.1) is 0 Å². The second-order valence-electron chi connectivity index (χ2n) is 5.99. The third-order valence-corrected chi connectivity index (χ3v) is 4.18. The van der Waals surface area contributed by atoms with Crippen molar-refractivity contribution in [1.82, 2.24) is 0 Å². The average Bonchev–Trinajstić information content (AvgIpc) is 2.72. The zero-order valence-electron chi connectivity index (χ0n) is 15.9. The number of carboxylic acid groups (broad SMARTS) is 1. The summed E-state index contributed by atoms with van der Waals surface area (Å²) in [4.78, 5) is 11.6. The van der Waals surface area contributed by atoms with Gasteiger partial charge in [0, 0.05) is 21.7 Å². The minimum Gasteiger partial charge on any atom is -0.497 e. The van der Waals surface area contributed by atoms with Crippen LogP contribution in [-0.4, -0.2) is 35.5 Å². The van der Waals surface area contributed by atoms with Crippen molar-refractivity contribution in [3.05, 3.63) is 65.7 Å². The molecule has 0 saturated carbocycles. The van der Waals surface area contributed by atoms with Crippen molar-refractivity contribution in [2.24, 2.45) is 5.92 Å². The van der Waals surface area contributed by atoms with Gasteiger partial charge in [0.25, 0.3) is 0 Å². The Kier molecular flexibility index (Phi) is 14.2. The molecular weight excluding hydrogens is 431 g/mol. The van der Waals surface area contributed by atoms with Crippen molar-refractivity contribution in [3.8, 4) is 5.75 Å². The normalized spacial score (nSPS) is 13.1. The molecule has 0 spiro atoms. The molecule has 150 valence electrons. The van der Waals surface area contributed by atoms with Crippen molar-refractivity contribution in [3.63, 3.8) is 0 Å². The standard InChI is InChI=1S/C20H24O5.HPS.Ti/c1-14(25-13-16-8-10-17(24-2)11-9-16)19(21)18(20(22)23)12-15-6-4-3-5-7-15;1-2;/h3-11,14,18-19,21H,12-13H2,1-2H3,(H,22,23);1H;/t14-,18+,19-;;/m0../s1. The van der Waals surface area contributed by atoms with E-state index in [0.29, 0.717) is 6.61 Å². The molecule has 0 aliphatic rings. The van der Waals surface area contributed by atoms with Crippen LogP contribution in [0.3, 0.4) is 0 Å². The van der Waals surface area contributed by atoms with Gasteiger partial charge in [-0.1, -0.05) is 54.3 Å². The van der Waals surface area contributed by atoms with Crippen LogP contribution in [0.5, 0.6) is 5.75 Å². The van der Waals surface area contributed by atoms with Crippen molar-refractivity contribution in [2.75, 3.05) is 7.11 Å². The van der Waals surface area contributed by atoms with Crippen LogP contribution in [0.25, 0.3) is 0 Å². The van der Waals surface area contributed by atoms with E-state index in [-0.39, 0.29) is 28.1 Å². The number of carboxylic acids is 1. The maximum absolute atomic E-state index is 11.6. The molecule has 2 aromatic carbocycles. The largest absolute Gasteiger partial charge is 0.497 e. The molecule has 0 aromatic heterocycles. The number of methoxy groups -OCH3 is 1. The van der Waals surface area contributed by atoms with E-state index in [0.717, 1.165) is 16.9 Å². The summed E-state index contributed by atoms with van der Waals surface area (Å²) in [6, 6.07) is 16.7. The van der Waals surface area contributed by atoms with Gasteiger partial charge in [-0.3, -0.25) is 4.79 Å². The number of aliphatic carboxylic acids is 1. The van der Waals surface area contributed by atoms with E-state index < -0.39 is 24.1 Å². The van der Waals surface area contributed by atoms with Gasteiger partial charge in [0.05, 0.1) is 31.8 Å². The van der Waals surface area contributed by atoms with Crippen LogP contribution >= 0.6 is 8.02 Å². The van der Waals surface area contributed by atoms with Gasteiger partial charge < -0.3 is 19.7 Å². The Morgan fingerprint density at radius 1 is 1.07 bits per heavy atom. The molecule has 0 bridgehead atoms. The number of benzene rings is 2. The Hall–Kier alpha value is -1.14. The fraction of sp³-hybridized carbons (Fsp3) is 0.350. The van der Waals surface area contributed by atoms with Crippen LogP contribution in [0.4, 0.5) is 0 Å². The van der Waals surface area contributed by atoms with Gasteiger partial charge in [0.1, 0.15) is 5.75 Å². The van der Waals surface area contributed by atoms with Crippen LogP contribution in [0.1, 0.15) is 18.1 Å². The van der Waals surface area contributed by atoms with Crippen LogP contribution in [-0.2, 0) is 56.1 Å². The summed E-state index contributed by atoms with van der Waals surface area (Å²) in [5.74, 6) is -1.20. The summed E-state index contributed by atoms with van der Waals surface area (Å²) in [5.41, 5.74) is 1.80. The van der Waals surface area contributed by atoms with Crippen molar-refractivity contribution >= 4 is 25.8 Å². The first-order valence-corrected chi connectivity index (χ1v) is 10.0. The molecule has 2 rings (SSSR count). The molecule has 0 radical (unpaired) electrons. The Morgan fingerprint density at radius 3 is 2.14 bits per heavy atom. The molecule has 0 aliphatic heterocycles. The van der Waals surface area contributed by atoms with Gasteiger partial charge in [0.15, 0.2) is 0 Å². The minimum absolute atomic E-state index is 0. The molecule has 2 N–H and O–H groups in total. The van der Waals surface area contributed by atoms with E-state index in [2.05, 4.69) is 19.8 Å². The Balaban J connectivity index is 0.00000235. The smallest absolute Gasteiger partial charge is 0.309 e. The maximum Gasteiger partial charge on any atom is 0.309 e. The topological polar surface area (TPSA) is 76.0 Å². The summed E-state index contributed by atoms with van der Waals surface area (Å²) in [6.07, 6.45) is -1.45. The molecular formula is C20H25O5PSTi. The average molecular weight is 456 g/mol. The van der Waals surface area contributed by atoms with Crippen LogP contribution in [0.2, 0.25) is 0 Å². The summed E-state index contributed by atoms with van der Waals surface area (Å²) in [7, 11) is 4.16. The maximum atomic E-state index is 11.6. The fourth-order valence-electron chi connectivity index (χ4n) is 2.60. The van der Waals surface area contributed by atoms with Crippen LogP contribution in [0, 0.1) is 5.92 Å². The summed E-state index contributed by atoms with van der Waals surface area (Å²) in [5, 5.41) is 19.9. The zero-order valence-corrected chi connectivity index (χ0v) is 19.2. The summed E-state index contributed by atoms with van der Waals surface area (Å²) < 4.78 is 10.8.